The molecule has 0 aromatic heterocycles. The van der Waals surface area contributed by atoms with E-state index in [4.69, 9.17) is 10.5 Å². The van der Waals surface area contributed by atoms with Gasteiger partial charge in [0, 0.05) is 5.56 Å². The summed E-state index contributed by atoms with van der Waals surface area (Å²) < 4.78 is 5.38. The van der Waals surface area contributed by atoms with Crippen LogP contribution in [0, 0.1) is 5.92 Å². The van der Waals surface area contributed by atoms with Crippen LogP contribution in [0.25, 0.3) is 6.08 Å². The fourth-order valence-corrected chi connectivity index (χ4v) is 3.82. The maximum absolute atomic E-state index is 13.3. The lowest BCUT2D eigenvalue weighted by atomic mass is 9.86. The van der Waals surface area contributed by atoms with Gasteiger partial charge in [-0.15, -0.1) is 0 Å². The molecular weight excluding hydrogens is 448 g/mol. The number of allylic oxidation sites excluding steroid dienone is 1. The maximum atomic E-state index is 13.3. The van der Waals surface area contributed by atoms with Crippen LogP contribution in [0.2, 0.25) is 0 Å². The summed E-state index contributed by atoms with van der Waals surface area (Å²) in [6.45, 7) is 0. The minimum Gasteiger partial charge on any atom is -0.453 e. The van der Waals surface area contributed by atoms with Gasteiger partial charge in [-0.1, -0.05) is 66.7 Å². The van der Waals surface area contributed by atoms with Crippen LogP contribution in [0.3, 0.4) is 0 Å². The third-order valence-electron chi connectivity index (χ3n) is 5.52. The minimum atomic E-state index is -1.64. The molecule has 1 aliphatic rings. The van der Waals surface area contributed by atoms with Crippen molar-refractivity contribution >= 4 is 41.1 Å². The lowest BCUT2D eigenvalue weighted by Crippen LogP contribution is -2.37. The number of Topliss-reactive ketones (excluding diaryl/α,β-unsaturated/α-hetero) is 1. The number of amides is 2. The number of ether oxygens (including phenoxy) is 1. The molecule has 0 radical (unpaired) electrons. The van der Waals surface area contributed by atoms with Gasteiger partial charge in [0.25, 0.3) is 11.8 Å². The number of primary amides is 1. The van der Waals surface area contributed by atoms with Gasteiger partial charge in [0.2, 0.25) is 5.78 Å². The molecule has 0 spiro atoms. The number of para-hydroxylation sites is 1. The first kappa shape index (κ1) is 23.3. The Morgan fingerprint density at radius 2 is 1.54 bits per heavy atom. The molecule has 1 aliphatic heterocycles. The van der Waals surface area contributed by atoms with Crippen molar-refractivity contribution in [1.82, 2.24) is 0 Å². The molecule has 2 amide bonds. The van der Waals surface area contributed by atoms with Crippen molar-refractivity contribution in [3.63, 3.8) is 0 Å². The molecule has 8 heteroatoms. The number of esters is 1. The van der Waals surface area contributed by atoms with E-state index in [9.17, 15) is 24.0 Å². The second kappa shape index (κ2) is 9.96. The Kier molecular flexibility index (Phi) is 6.64. The van der Waals surface area contributed by atoms with Gasteiger partial charge in [-0.25, -0.2) is 4.79 Å². The van der Waals surface area contributed by atoms with Gasteiger partial charge in [0.05, 0.1) is 16.8 Å². The Hall–Kier alpha value is -4.85. The van der Waals surface area contributed by atoms with Gasteiger partial charge >= 0.3 is 5.97 Å². The number of carbonyl (C=O) groups excluding carboxylic acids is 5. The average Bonchev–Trinajstić information content (AvgIpc) is 3.19. The average molecular weight is 468 g/mol. The van der Waals surface area contributed by atoms with Gasteiger partial charge in [0.1, 0.15) is 12.0 Å². The van der Waals surface area contributed by atoms with Crippen molar-refractivity contribution in [2.75, 3.05) is 5.32 Å². The molecule has 2 atom stereocenters. The van der Waals surface area contributed by atoms with Crippen LogP contribution in [-0.2, 0) is 19.1 Å². The number of anilines is 1. The molecule has 0 fully saturated rings. The molecule has 1 heterocycles. The van der Waals surface area contributed by atoms with Crippen LogP contribution >= 0.6 is 0 Å². The van der Waals surface area contributed by atoms with E-state index in [0.717, 1.165) is 0 Å². The van der Waals surface area contributed by atoms with E-state index in [0.29, 0.717) is 11.1 Å². The lowest BCUT2D eigenvalue weighted by Gasteiger charge is -2.20. The van der Waals surface area contributed by atoms with Crippen molar-refractivity contribution in [2.45, 2.75) is 6.10 Å². The van der Waals surface area contributed by atoms with E-state index in [1.165, 1.54) is 30.4 Å². The van der Waals surface area contributed by atoms with Crippen molar-refractivity contribution < 1.29 is 28.7 Å². The van der Waals surface area contributed by atoms with E-state index in [-0.39, 0.29) is 16.8 Å². The van der Waals surface area contributed by atoms with E-state index in [1.807, 2.05) is 6.07 Å². The van der Waals surface area contributed by atoms with Crippen LogP contribution in [0.5, 0.6) is 0 Å². The third kappa shape index (κ3) is 4.91. The molecule has 3 aromatic carbocycles. The van der Waals surface area contributed by atoms with Crippen molar-refractivity contribution in [3.8, 4) is 0 Å². The first-order valence-electron chi connectivity index (χ1n) is 10.7. The summed E-state index contributed by atoms with van der Waals surface area (Å²) in [5.41, 5.74) is 6.62. The Morgan fingerprint density at radius 1 is 0.886 bits per heavy atom. The summed E-state index contributed by atoms with van der Waals surface area (Å²) >= 11 is 0. The van der Waals surface area contributed by atoms with Crippen LogP contribution in [0.4, 0.5) is 5.69 Å². The summed E-state index contributed by atoms with van der Waals surface area (Å²) in [6.07, 6.45) is 1.40. The standard InChI is InChI=1S/C27H20N2O6/c28-25(32)19-12-6-7-13-20(19)29-26(33)23(31)22(21(30)15-14-16-8-2-1-3-9-16)24-17-10-4-5-11-18(17)27(34)35-24/h1-15,22,24H,(H2,28,32)(H,29,33)/b15-14+/t22-,24+/m1/s1. The molecule has 0 bridgehead atoms. The van der Waals surface area contributed by atoms with E-state index >= 15 is 0 Å². The molecule has 0 aliphatic carbocycles. The molecule has 0 saturated heterocycles. The second-order valence-corrected chi connectivity index (χ2v) is 7.77. The SMILES string of the molecule is NC(=O)c1ccccc1NC(=O)C(=O)[C@@H](C(=O)/C=C/c1ccccc1)[C@H]1OC(=O)c2ccccc21. The highest BCUT2D eigenvalue weighted by Crippen LogP contribution is 2.37. The number of benzene rings is 3. The number of nitrogens with one attached hydrogen (secondary N) is 1. The number of fused-ring (bicyclic) bond motifs is 1. The number of hydrogen-bond acceptors (Lipinski definition) is 6. The Morgan fingerprint density at radius 3 is 2.29 bits per heavy atom. The maximum Gasteiger partial charge on any atom is 0.339 e. The fourth-order valence-electron chi connectivity index (χ4n) is 3.82. The van der Waals surface area contributed by atoms with Crippen LogP contribution < -0.4 is 11.1 Å². The van der Waals surface area contributed by atoms with Crippen molar-refractivity contribution in [3.05, 3.63) is 107 Å². The smallest absolute Gasteiger partial charge is 0.339 e. The van der Waals surface area contributed by atoms with Crippen molar-refractivity contribution in [2.24, 2.45) is 11.7 Å². The number of ketones is 2. The monoisotopic (exact) mass is 468 g/mol. The molecule has 35 heavy (non-hydrogen) atoms. The Bertz CT molecular complexity index is 1360. The van der Waals surface area contributed by atoms with Crippen LogP contribution in [0.15, 0.2) is 84.9 Å². The zero-order valence-electron chi connectivity index (χ0n) is 18.3. The molecule has 0 saturated carbocycles. The van der Waals surface area contributed by atoms with Gasteiger partial charge in [-0.3, -0.25) is 19.2 Å². The zero-order chi connectivity index (χ0) is 24.9. The van der Waals surface area contributed by atoms with E-state index < -0.39 is 41.4 Å². The number of rotatable bonds is 8. The minimum absolute atomic E-state index is 0.00172. The molecular formula is C27H20N2O6. The first-order chi connectivity index (χ1) is 16.9. The predicted octanol–water partition coefficient (Wildman–Crippen LogP) is 3.10. The van der Waals surface area contributed by atoms with E-state index in [1.54, 1.807) is 54.6 Å². The summed E-state index contributed by atoms with van der Waals surface area (Å²) in [4.78, 5) is 63.5. The van der Waals surface area contributed by atoms with E-state index in [2.05, 4.69) is 5.32 Å². The fraction of sp³-hybridized carbons (Fsp3) is 0.0741. The Balaban J connectivity index is 1.68. The van der Waals surface area contributed by atoms with Gasteiger partial charge in [-0.05, 0) is 29.8 Å². The van der Waals surface area contributed by atoms with Gasteiger partial charge < -0.3 is 15.8 Å². The molecule has 3 aromatic rings. The molecule has 3 N–H and O–H groups in total. The zero-order valence-corrected chi connectivity index (χ0v) is 18.3. The number of hydrogen-bond donors (Lipinski definition) is 2. The second-order valence-electron chi connectivity index (χ2n) is 7.77. The quantitative estimate of drug-likeness (QED) is 0.226. The number of nitrogens with two attached hydrogens (primary N) is 1. The third-order valence-corrected chi connectivity index (χ3v) is 5.52. The highest BCUT2D eigenvalue weighted by Gasteiger charge is 2.45. The highest BCUT2D eigenvalue weighted by atomic mass is 16.5. The predicted molar refractivity (Wildman–Crippen MR) is 127 cm³/mol. The Labute approximate surface area is 200 Å². The first-order valence-corrected chi connectivity index (χ1v) is 10.7. The summed E-state index contributed by atoms with van der Waals surface area (Å²) in [5.74, 6) is -6.12. The summed E-state index contributed by atoms with van der Waals surface area (Å²) in [7, 11) is 0. The number of cyclic esters (lactones) is 1. The van der Waals surface area contributed by atoms with Gasteiger partial charge in [0.15, 0.2) is 5.78 Å². The molecule has 4 rings (SSSR count). The number of carbonyl (C=O) groups is 5. The summed E-state index contributed by atoms with van der Waals surface area (Å²) in [5, 5.41) is 2.35. The molecule has 0 unspecified atom stereocenters. The summed E-state index contributed by atoms with van der Waals surface area (Å²) in [6, 6.07) is 21.2. The van der Waals surface area contributed by atoms with Crippen molar-refractivity contribution in [1.29, 1.82) is 0 Å². The van der Waals surface area contributed by atoms with Crippen LogP contribution in [-0.4, -0.2) is 29.4 Å². The van der Waals surface area contributed by atoms with Gasteiger partial charge in [-0.2, -0.15) is 0 Å². The topological polar surface area (TPSA) is 133 Å². The molecule has 174 valence electrons. The molecule has 8 nitrogen and oxygen atoms in total. The lowest BCUT2D eigenvalue weighted by molar-refractivity contribution is -0.143. The van der Waals surface area contributed by atoms with Crippen LogP contribution in [0.1, 0.15) is 37.9 Å². The normalized spacial score (nSPS) is 15.2. The highest BCUT2D eigenvalue weighted by molar-refractivity contribution is 6.45. The largest absolute Gasteiger partial charge is 0.453 e.